The van der Waals surface area contributed by atoms with Crippen molar-refractivity contribution in [2.45, 2.75) is 59.9 Å². The first-order valence-corrected chi connectivity index (χ1v) is 10.8. The van der Waals surface area contributed by atoms with Gasteiger partial charge in [0.1, 0.15) is 5.69 Å². The molecule has 7 nitrogen and oxygen atoms in total. The molecule has 2 amide bonds. The van der Waals surface area contributed by atoms with Gasteiger partial charge in [-0.2, -0.15) is 0 Å². The standard InChI is InChI=1S/C24H33N5O2/c1-15(2)21-22(26-19-9-8-16(3)17(4)12-19)25-13-20(27-21)23(31)29-11-10-28(18(5)30)14-24(29,6)7/h8-9,12-13,15H,10-11,14H2,1-7H3,(H,25,26). The molecule has 1 aromatic carbocycles. The molecule has 0 saturated carbocycles. The summed E-state index contributed by atoms with van der Waals surface area (Å²) in [4.78, 5) is 38.0. The fraction of sp³-hybridized carbons (Fsp3) is 0.500. The Morgan fingerprint density at radius 2 is 1.84 bits per heavy atom. The summed E-state index contributed by atoms with van der Waals surface area (Å²) in [6.45, 7) is 15.3. The van der Waals surface area contributed by atoms with E-state index in [1.54, 1.807) is 22.9 Å². The number of hydrogen-bond donors (Lipinski definition) is 1. The van der Waals surface area contributed by atoms with E-state index in [-0.39, 0.29) is 17.7 Å². The minimum atomic E-state index is -0.475. The number of nitrogens with one attached hydrogen (secondary N) is 1. The lowest BCUT2D eigenvalue weighted by Crippen LogP contribution is -2.61. The molecule has 0 unspecified atom stereocenters. The summed E-state index contributed by atoms with van der Waals surface area (Å²) in [7, 11) is 0. The molecule has 1 aromatic heterocycles. The average Bonchev–Trinajstić information content (AvgIpc) is 2.69. The maximum Gasteiger partial charge on any atom is 0.274 e. The predicted octanol–water partition coefficient (Wildman–Crippen LogP) is 4.04. The van der Waals surface area contributed by atoms with Crippen molar-refractivity contribution in [3.8, 4) is 0 Å². The Bertz CT molecular complexity index is 999. The van der Waals surface area contributed by atoms with Crippen molar-refractivity contribution in [1.29, 1.82) is 0 Å². The van der Waals surface area contributed by atoms with Crippen LogP contribution in [0.2, 0.25) is 0 Å². The van der Waals surface area contributed by atoms with Crippen molar-refractivity contribution < 1.29 is 9.59 Å². The summed E-state index contributed by atoms with van der Waals surface area (Å²) in [6.07, 6.45) is 1.55. The van der Waals surface area contributed by atoms with Crippen LogP contribution in [0.25, 0.3) is 0 Å². The minimum Gasteiger partial charge on any atom is -0.339 e. The molecule has 0 bridgehead atoms. The summed E-state index contributed by atoms with van der Waals surface area (Å²) in [5.74, 6) is 0.636. The van der Waals surface area contributed by atoms with Crippen molar-refractivity contribution in [2.75, 3.05) is 25.0 Å². The number of aromatic nitrogens is 2. The van der Waals surface area contributed by atoms with E-state index in [2.05, 4.69) is 36.3 Å². The number of aryl methyl sites for hydroxylation is 2. The van der Waals surface area contributed by atoms with Crippen LogP contribution < -0.4 is 5.32 Å². The molecule has 0 aliphatic carbocycles. The zero-order chi connectivity index (χ0) is 22.9. The number of carbonyl (C=O) groups excluding carboxylic acids is 2. The molecular formula is C24H33N5O2. The maximum absolute atomic E-state index is 13.3. The molecule has 1 aliphatic rings. The monoisotopic (exact) mass is 423 g/mol. The Balaban J connectivity index is 1.87. The summed E-state index contributed by atoms with van der Waals surface area (Å²) in [5, 5.41) is 3.36. The first-order valence-electron chi connectivity index (χ1n) is 10.8. The van der Waals surface area contributed by atoms with Crippen LogP contribution in [0.15, 0.2) is 24.4 Å². The number of rotatable bonds is 4. The second kappa shape index (κ2) is 8.65. The Labute approximate surface area is 184 Å². The summed E-state index contributed by atoms with van der Waals surface area (Å²) >= 11 is 0. The van der Waals surface area contributed by atoms with Gasteiger partial charge >= 0.3 is 0 Å². The molecule has 1 N–H and O–H groups in total. The number of amides is 2. The maximum atomic E-state index is 13.3. The van der Waals surface area contributed by atoms with Crippen LogP contribution in [0, 0.1) is 13.8 Å². The third-order valence-electron chi connectivity index (χ3n) is 5.93. The average molecular weight is 424 g/mol. The van der Waals surface area contributed by atoms with Gasteiger partial charge in [-0.25, -0.2) is 9.97 Å². The van der Waals surface area contributed by atoms with E-state index in [0.717, 1.165) is 11.4 Å². The molecule has 31 heavy (non-hydrogen) atoms. The van der Waals surface area contributed by atoms with Crippen LogP contribution in [0.1, 0.15) is 67.8 Å². The number of nitrogens with zero attached hydrogens (tertiary/aromatic N) is 4. The molecule has 2 aromatic rings. The number of carbonyl (C=O) groups is 2. The molecule has 166 valence electrons. The molecule has 1 fully saturated rings. The third kappa shape index (κ3) is 4.86. The van der Waals surface area contributed by atoms with Gasteiger partial charge in [0.15, 0.2) is 5.82 Å². The molecule has 1 saturated heterocycles. The summed E-state index contributed by atoms with van der Waals surface area (Å²) in [5.41, 5.74) is 3.98. The Morgan fingerprint density at radius 3 is 2.42 bits per heavy atom. The van der Waals surface area contributed by atoms with Crippen LogP contribution in [-0.4, -0.2) is 56.8 Å². The highest BCUT2D eigenvalue weighted by atomic mass is 16.2. The summed E-state index contributed by atoms with van der Waals surface area (Å²) in [6, 6.07) is 6.17. The quantitative estimate of drug-likeness (QED) is 0.803. The lowest BCUT2D eigenvalue weighted by Gasteiger charge is -2.46. The molecule has 0 radical (unpaired) electrons. The van der Waals surface area contributed by atoms with Crippen LogP contribution in [-0.2, 0) is 4.79 Å². The second-order valence-corrected chi connectivity index (χ2v) is 9.28. The molecule has 3 rings (SSSR count). The van der Waals surface area contributed by atoms with Crippen molar-refractivity contribution in [3.05, 3.63) is 46.9 Å². The molecule has 7 heteroatoms. The highest BCUT2D eigenvalue weighted by molar-refractivity contribution is 5.93. The van der Waals surface area contributed by atoms with Gasteiger partial charge in [-0.1, -0.05) is 19.9 Å². The Hall–Kier alpha value is -2.96. The largest absolute Gasteiger partial charge is 0.339 e. The lowest BCUT2D eigenvalue weighted by atomic mass is 9.98. The van der Waals surface area contributed by atoms with Gasteiger partial charge in [0.25, 0.3) is 5.91 Å². The smallest absolute Gasteiger partial charge is 0.274 e. The van der Waals surface area contributed by atoms with E-state index in [9.17, 15) is 9.59 Å². The van der Waals surface area contributed by atoms with Crippen molar-refractivity contribution in [2.24, 2.45) is 0 Å². The van der Waals surface area contributed by atoms with E-state index in [1.807, 2.05) is 33.8 Å². The first kappa shape index (κ1) is 22.7. The summed E-state index contributed by atoms with van der Waals surface area (Å²) < 4.78 is 0. The van der Waals surface area contributed by atoms with Crippen LogP contribution in [0.4, 0.5) is 11.5 Å². The van der Waals surface area contributed by atoms with E-state index in [1.165, 1.54) is 11.1 Å². The number of piperazine rings is 1. The first-order chi connectivity index (χ1) is 14.5. The van der Waals surface area contributed by atoms with Gasteiger partial charge in [-0.15, -0.1) is 0 Å². The number of hydrogen-bond acceptors (Lipinski definition) is 5. The van der Waals surface area contributed by atoms with Gasteiger partial charge in [-0.05, 0) is 56.9 Å². The molecule has 0 atom stereocenters. The molecule has 0 spiro atoms. The number of benzene rings is 1. The lowest BCUT2D eigenvalue weighted by molar-refractivity contribution is -0.133. The van der Waals surface area contributed by atoms with Crippen molar-refractivity contribution >= 4 is 23.3 Å². The normalized spacial score (nSPS) is 15.9. The van der Waals surface area contributed by atoms with Gasteiger partial charge < -0.3 is 15.1 Å². The van der Waals surface area contributed by atoms with E-state index >= 15 is 0 Å². The van der Waals surface area contributed by atoms with Gasteiger partial charge in [0.2, 0.25) is 5.91 Å². The second-order valence-electron chi connectivity index (χ2n) is 9.28. The van der Waals surface area contributed by atoms with Gasteiger partial charge in [0, 0.05) is 32.2 Å². The zero-order valence-electron chi connectivity index (χ0n) is 19.6. The van der Waals surface area contributed by atoms with Gasteiger partial charge in [-0.3, -0.25) is 9.59 Å². The molecule has 1 aliphatic heterocycles. The van der Waals surface area contributed by atoms with Crippen molar-refractivity contribution in [1.82, 2.24) is 19.8 Å². The number of anilines is 2. The topological polar surface area (TPSA) is 78.4 Å². The highest BCUT2D eigenvalue weighted by Gasteiger charge is 2.38. The Morgan fingerprint density at radius 1 is 1.13 bits per heavy atom. The zero-order valence-corrected chi connectivity index (χ0v) is 19.6. The predicted molar refractivity (Wildman–Crippen MR) is 123 cm³/mol. The van der Waals surface area contributed by atoms with Crippen molar-refractivity contribution in [3.63, 3.8) is 0 Å². The fourth-order valence-electron chi connectivity index (χ4n) is 3.90. The Kier molecular flexibility index (Phi) is 6.34. The minimum absolute atomic E-state index is 0.0313. The highest BCUT2D eigenvalue weighted by Crippen LogP contribution is 2.27. The van der Waals surface area contributed by atoms with Gasteiger partial charge in [0.05, 0.1) is 17.4 Å². The van der Waals surface area contributed by atoms with E-state index < -0.39 is 5.54 Å². The van der Waals surface area contributed by atoms with E-state index in [0.29, 0.717) is 31.1 Å². The van der Waals surface area contributed by atoms with E-state index in [4.69, 9.17) is 4.98 Å². The van der Waals surface area contributed by atoms with Crippen LogP contribution in [0.5, 0.6) is 0 Å². The SMILES string of the molecule is CC(=O)N1CCN(C(=O)c2cnc(Nc3ccc(C)c(C)c3)c(C(C)C)n2)C(C)(C)C1. The van der Waals surface area contributed by atoms with Crippen LogP contribution in [0.3, 0.4) is 0 Å². The molecular weight excluding hydrogens is 390 g/mol. The molecule has 2 heterocycles. The third-order valence-corrected chi connectivity index (χ3v) is 5.93. The fourth-order valence-corrected chi connectivity index (χ4v) is 3.90. The van der Waals surface area contributed by atoms with Crippen LogP contribution >= 0.6 is 0 Å².